The van der Waals surface area contributed by atoms with Crippen LogP contribution in [0.2, 0.25) is 0 Å². The van der Waals surface area contributed by atoms with Gasteiger partial charge in [-0.05, 0) is 22.7 Å². The third-order valence-corrected chi connectivity index (χ3v) is 4.16. The number of piperidine rings is 1. The minimum atomic E-state index is -0.250. The third-order valence-electron chi connectivity index (χ3n) is 4.16. The second-order valence-electron chi connectivity index (χ2n) is 7.18. The fourth-order valence-corrected chi connectivity index (χ4v) is 2.90. The lowest BCUT2D eigenvalue weighted by molar-refractivity contribution is -0.132. The summed E-state index contributed by atoms with van der Waals surface area (Å²) in [6.45, 7) is 12.8. The van der Waals surface area contributed by atoms with E-state index in [1.54, 1.807) is 0 Å². The van der Waals surface area contributed by atoms with Crippen LogP contribution in [0.15, 0.2) is 0 Å². The quantitative estimate of drug-likeness (QED) is 0.511. The van der Waals surface area contributed by atoms with E-state index in [4.69, 9.17) is 9.90 Å². The van der Waals surface area contributed by atoms with Crippen LogP contribution in [0.5, 0.6) is 0 Å². The van der Waals surface area contributed by atoms with Crippen LogP contribution in [-0.2, 0) is 9.59 Å². The van der Waals surface area contributed by atoms with Crippen molar-refractivity contribution in [1.82, 2.24) is 4.90 Å². The Morgan fingerprint density at radius 1 is 1.35 bits per heavy atom. The van der Waals surface area contributed by atoms with Crippen molar-refractivity contribution < 1.29 is 14.7 Å². The molecule has 1 saturated heterocycles. The van der Waals surface area contributed by atoms with Crippen LogP contribution < -0.4 is 5.14 Å². The monoisotopic (exact) mass is 304 g/mol. The highest BCUT2D eigenvalue weighted by molar-refractivity contribution is 7.77. The van der Waals surface area contributed by atoms with E-state index >= 15 is 0 Å². The summed E-state index contributed by atoms with van der Waals surface area (Å²) in [7, 11) is 0. The minimum Gasteiger partial charge on any atom is -0.483 e. The van der Waals surface area contributed by atoms with E-state index in [-0.39, 0.29) is 11.9 Å². The number of carbonyl (C=O) groups is 2. The van der Waals surface area contributed by atoms with Crippen LogP contribution in [0.4, 0.5) is 0 Å². The van der Waals surface area contributed by atoms with Gasteiger partial charge in [0.15, 0.2) is 0 Å². The standard InChI is InChI=1S/C13H23NO.CH2O2.H3NS/c1-12(2,3)6-11(15)14-7-9-10(8-14)13(9,4)5;2-1-3;1-2/h9-10H,6-8H2,1-5H3;1H,(H,2,3);2H,1H2. The van der Waals surface area contributed by atoms with Gasteiger partial charge in [-0.25, -0.2) is 0 Å². The molecule has 2 unspecified atom stereocenters. The molecule has 2 rings (SSSR count). The Morgan fingerprint density at radius 3 is 2.00 bits per heavy atom. The SMILES string of the molecule is CC(C)(C)CC(=O)N1CC2C(C1)C2(C)C.NS.O=CO. The number of thiol groups is 1. The Labute approximate surface area is 127 Å². The Kier molecular flexibility index (Phi) is 7.04. The number of hydrogen-bond acceptors (Lipinski definition) is 4. The van der Waals surface area contributed by atoms with Crippen LogP contribution in [0.3, 0.4) is 0 Å². The molecule has 1 saturated carbocycles. The van der Waals surface area contributed by atoms with Crippen molar-refractivity contribution in [2.45, 2.75) is 41.0 Å². The molecule has 0 aromatic heterocycles. The van der Waals surface area contributed by atoms with Gasteiger partial charge in [-0.1, -0.05) is 34.6 Å². The maximum atomic E-state index is 12.0. The molecule has 0 aromatic rings. The molecular weight excluding hydrogens is 276 g/mol. The summed E-state index contributed by atoms with van der Waals surface area (Å²) in [5.74, 6) is 1.91. The lowest BCUT2D eigenvalue weighted by Gasteiger charge is -2.26. The topological polar surface area (TPSA) is 83.6 Å². The molecule has 6 heteroatoms. The molecule has 20 heavy (non-hydrogen) atoms. The van der Waals surface area contributed by atoms with Crippen molar-refractivity contribution in [3.8, 4) is 0 Å². The average Bonchev–Trinajstić information content (AvgIpc) is 2.69. The number of carbonyl (C=O) groups excluding carboxylic acids is 1. The molecule has 0 aromatic carbocycles. The second kappa shape index (κ2) is 7.31. The lowest BCUT2D eigenvalue weighted by Crippen LogP contribution is -2.35. The third kappa shape index (κ3) is 4.98. The molecule has 1 heterocycles. The Hall–Kier alpha value is -0.750. The smallest absolute Gasteiger partial charge is 0.290 e. The highest BCUT2D eigenvalue weighted by Crippen LogP contribution is 2.62. The molecule has 2 aliphatic rings. The minimum absolute atomic E-state index is 0.124. The fraction of sp³-hybridized carbons (Fsp3) is 0.857. The summed E-state index contributed by atoms with van der Waals surface area (Å²) >= 11 is 3.03. The summed E-state index contributed by atoms with van der Waals surface area (Å²) in [5, 5.41) is 11.1. The molecule has 0 radical (unpaired) electrons. The van der Waals surface area contributed by atoms with Gasteiger partial charge in [0.1, 0.15) is 0 Å². The maximum Gasteiger partial charge on any atom is 0.290 e. The van der Waals surface area contributed by atoms with E-state index in [1.165, 1.54) is 0 Å². The zero-order valence-corrected chi connectivity index (χ0v) is 14.0. The number of nitrogens with zero attached hydrogens (tertiary/aromatic N) is 1. The van der Waals surface area contributed by atoms with Crippen LogP contribution in [0, 0.1) is 22.7 Å². The van der Waals surface area contributed by atoms with Crippen molar-refractivity contribution in [2.24, 2.45) is 27.8 Å². The average molecular weight is 304 g/mol. The largest absolute Gasteiger partial charge is 0.483 e. The van der Waals surface area contributed by atoms with Crippen molar-refractivity contribution in [2.75, 3.05) is 13.1 Å². The summed E-state index contributed by atoms with van der Waals surface area (Å²) in [6.07, 6.45) is 0.687. The number of fused-ring (bicyclic) bond motifs is 1. The summed E-state index contributed by atoms with van der Waals surface area (Å²) in [4.78, 5) is 22.4. The normalized spacial score (nSPS) is 25.4. The first-order valence-electron chi connectivity index (χ1n) is 6.75. The van der Waals surface area contributed by atoms with Crippen molar-refractivity contribution >= 4 is 25.2 Å². The maximum absolute atomic E-state index is 12.0. The Morgan fingerprint density at radius 2 is 1.70 bits per heavy atom. The molecule has 1 aliphatic carbocycles. The molecule has 2 atom stereocenters. The molecule has 1 aliphatic heterocycles. The van der Waals surface area contributed by atoms with E-state index < -0.39 is 0 Å². The molecule has 0 bridgehead atoms. The molecule has 3 N–H and O–H groups in total. The van der Waals surface area contributed by atoms with Crippen LogP contribution in [0.1, 0.15) is 41.0 Å². The highest BCUT2D eigenvalue weighted by atomic mass is 32.1. The van der Waals surface area contributed by atoms with Crippen molar-refractivity contribution in [3.05, 3.63) is 0 Å². The van der Waals surface area contributed by atoms with Crippen molar-refractivity contribution in [3.63, 3.8) is 0 Å². The summed E-state index contributed by atoms with van der Waals surface area (Å²) in [5.41, 5.74) is 0.637. The fourth-order valence-electron chi connectivity index (χ4n) is 2.90. The molecule has 2 fully saturated rings. The Balaban J connectivity index is 0.000000641. The van der Waals surface area contributed by atoms with E-state index in [9.17, 15) is 4.79 Å². The van der Waals surface area contributed by atoms with Gasteiger partial charge in [-0.15, -0.1) is 12.8 Å². The van der Waals surface area contributed by atoms with E-state index in [0.717, 1.165) is 24.9 Å². The van der Waals surface area contributed by atoms with Crippen molar-refractivity contribution in [1.29, 1.82) is 0 Å². The zero-order valence-electron chi connectivity index (χ0n) is 13.1. The molecule has 118 valence electrons. The first-order valence-corrected chi connectivity index (χ1v) is 7.26. The van der Waals surface area contributed by atoms with Gasteiger partial charge in [-0.3, -0.25) is 14.7 Å². The Bertz CT molecular complexity index is 326. The lowest BCUT2D eigenvalue weighted by atomic mass is 9.91. The first kappa shape index (κ1) is 19.2. The number of likely N-dealkylation sites (tertiary alicyclic amines) is 1. The van der Waals surface area contributed by atoms with Crippen LogP contribution in [0.25, 0.3) is 0 Å². The molecule has 1 amide bonds. The van der Waals surface area contributed by atoms with Gasteiger partial charge in [0.2, 0.25) is 5.91 Å². The van der Waals surface area contributed by atoms with Gasteiger partial charge in [0.05, 0.1) is 0 Å². The second-order valence-corrected chi connectivity index (χ2v) is 7.18. The molecular formula is C14H28N2O3S. The van der Waals surface area contributed by atoms with Gasteiger partial charge in [0.25, 0.3) is 6.47 Å². The molecule has 0 spiro atoms. The summed E-state index contributed by atoms with van der Waals surface area (Å²) < 4.78 is 0. The van der Waals surface area contributed by atoms with Gasteiger partial charge in [-0.2, -0.15) is 0 Å². The zero-order chi connectivity index (χ0) is 16.1. The number of nitrogens with two attached hydrogens (primary N) is 1. The first-order chi connectivity index (χ1) is 9.13. The molecule has 5 nitrogen and oxygen atoms in total. The van der Waals surface area contributed by atoms with Gasteiger partial charge < -0.3 is 10.0 Å². The van der Waals surface area contributed by atoms with Gasteiger partial charge >= 0.3 is 0 Å². The van der Waals surface area contributed by atoms with Gasteiger partial charge in [0, 0.05) is 19.5 Å². The van der Waals surface area contributed by atoms with E-state index in [1.807, 2.05) is 0 Å². The number of carboxylic acid groups (broad SMARTS) is 1. The number of amides is 1. The number of rotatable bonds is 1. The van der Waals surface area contributed by atoms with Crippen LogP contribution in [-0.4, -0.2) is 35.5 Å². The van der Waals surface area contributed by atoms with Crippen LogP contribution >= 0.6 is 12.8 Å². The summed E-state index contributed by atoms with van der Waals surface area (Å²) in [6, 6.07) is 0. The van der Waals surface area contributed by atoms with E-state index in [0.29, 0.717) is 17.7 Å². The predicted octanol–water partition coefficient (Wildman–Crippen LogP) is 2.03. The number of hydrogen-bond donors (Lipinski definition) is 3. The highest BCUT2D eigenvalue weighted by Gasteiger charge is 2.62. The van der Waals surface area contributed by atoms with E-state index in [2.05, 4.69) is 57.5 Å². The predicted molar refractivity (Wildman–Crippen MR) is 83.3 cm³/mol.